The highest BCUT2D eigenvalue weighted by Gasteiger charge is 2.14. The Morgan fingerprint density at radius 1 is 1.40 bits per heavy atom. The van der Waals surface area contributed by atoms with E-state index in [0.29, 0.717) is 0 Å². The van der Waals surface area contributed by atoms with Crippen molar-refractivity contribution in [2.75, 3.05) is 0 Å². The molecule has 2 aromatic rings. The van der Waals surface area contributed by atoms with Crippen molar-refractivity contribution in [1.82, 2.24) is 0 Å². The first-order valence-electron chi connectivity index (χ1n) is 4.64. The molecule has 0 aliphatic rings. The third-order valence-electron chi connectivity index (χ3n) is 2.29. The fourth-order valence-electron chi connectivity index (χ4n) is 1.43. The standard InChI is InChI=1S/C11H12BrNOS/c1-6-3-9(15-11(6)12)10(13)8-4-7(2)14-5-8/h3-5,10H,13H2,1-2H3. The molecule has 2 N–H and O–H groups in total. The van der Waals surface area contributed by atoms with Gasteiger partial charge in [-0.15, -0.1) is 11.3 Å². The average molecular weight is 286 g/mol. The summed E-state index contributed by atoms with van der Waals surface area (Å²) in [5.74, 6) is 0.896. The highest BCUT2D eigenvalue weighted by molar-refractivity contribution is 9.11. The minimum Gasteiger partial charge on any atom is -0.469 e. The van der Waals surface area contributed by atoms with Crippen LogP contribution >= 0.6 is 27.3 Å². The van der Waals surface area contributed by atoms with Crippen LogP contribution in [0.1, 0.15) is 27.8 Å². The number of furan rings is 1. The first kappa shape index (κ1) is 10.9. The van der Waals surface area contributed by atoms with Gasteiger partial charge in [0, 0.05) is 10.4 Å². The summed E-state index contributed by atoms with van der Waals surface area (Å²) >= 11 is 5.18. The molecular weight excluding hydrogens is 274 g/mol. The maximum absolute atomic E-state index is 6.14. The monoisotopic (exact) mass is 285 g/mol. The molecule has 2 nitrogen and oxygen atoms in total. The number of rotatable bonds is 2. The van der Waals surface area contributed by atoms with Crippen LogP contribution < -0.4 is 5.73 Å². The average Bonchev–Trinajstić information content (AvgIpc) is 2.74. The Morgan fingerprint density at radius 2 is 2.13 bits per heavy atom. The topological polar surface area (TPSA) is 39.2 Å². The number of aryl methyl sites for hydroxylation is 2. The van der Waals surface area contributed by atoms with Crippen LogP contribution in [0.3, 0.4) is 0 Å². The van der Waals surface area contributed by atoms with Gasteiger partial charge in [0.2, 0.25) is 0 Å². The Bertz CT molecular complexity index is 455. The first-order valence-corrected chi connectivity index (χ1v) is 6.25. The van der Waals surface area contributed by atoms with E-state index in [1.807, 2.05) is 13.0 Å². The van der Waals surface area contributed by atoms with E-state index < -0.39 is 0 Å². The van der Waals surface area contributed by atoms with Gasteiger partial charge >= 0.3 is 0 Å². The molecule has 0 spiro atoms. The lowest BCUT2D eigenvalue weighted by Gasteiger charge is -2.05. The Labute approximate surface area is 101 Å². The molecule has 0 fully saturated rings. The number of hydrogen-bond donors (Lipinski definition) is 1. The quantitative estimate of drug-likeness (QED) is 0.912. The number of thiophene rings is 1. The predicted molar refractivity (Wildman–Crippen MR) is 66.2 cm³/mol. The third-order valence-corrected chi connectivity index (χ3v) is 4.51. The molecule has 2 heterocycles. The summed E-state index contributed by atoms with van der Waals surface area (Å²) in [5.41, 5.74) is 8.40. The number of halogens is 1. The van der Waals surface area contributed by atoms with Gasteiger partial charge in [-0.2, -0.15) is 0 Å². The van der Waals surface area contributed by atoms with Crippen molar-refractivity contribution in [2.24, 2.45) is 5.73 Å². The van der Waals surface area contributed by atoms with Crippen molar-refractivity contribution in [3.8, 4) is 0 Å². The highest BCUT2D eigenvalue weighted by atomic mass is 79.9. The lowest BCUT2D eigenvalue weighted by molar-refractivity contribution is 0.530. The minimum absolute atomic E-state index is 0.0857. The molecule has 0 aliphatic carbocycles. The maximum atomic E-state index is 6.14. The summed E-state index contributed by atoms with van der Waals surface area (Å²) in [7, 11) is 0. The molecule has 0 aromatic carbocycles. The van der Waals surface area contributed by atoms with Crippen LogP contribution in [0.25, 0.3) is 0 Å². The molecule has 0 radical (unpaired) electrons. The van der Waals surface area contributed by atoms with Gasteiger partial charge in [0.05, 0.1) is 16.1 Å². The van der Waals surface area contributed by atoms with E-state index in [-0.39, 0.29) is 6.04 Å². The fraction of sp³-hybridized carbons (Fsp3) is 0.273. The molecule has 2 aromatic heterocycles. The van der Waals surface area contributed by atoms with Gasteiger partial charge in [-0.05, 0) is 47.5 Å². The van der Waals surface area contributed by atoms with Gasteiger partial charge in [0.1, 0.15) is 5.76 Å². The zero-order chi connectivity index (χ0) is 11.0. The molecule has 0 aliphatic heterocycles. The largest absolute Gasteiger partial charge is 0.469 e. The van der Waals surface area contributed by atoms with E-state index in [0.717, 1.165) is 20.0 Å². The van der Waals surface area contributed by atoms with Crippen molar-refractivity contribution in [3.63, 3.8) is 0 Å². The van der Waals surface area contributed by atoms with E-state index in [1.54, 1.807) is 17.6 Å². The molecule has 0 amide bonds. The summed E-state index contributed by atoms with van der Waals surface area (Å²) in [4.78, 5) is 1.15. The first-order chi connectivity index (χ1) is 7.08. The third kappa shape index (κ3) is 2.17. The van der Waals surface area contributed by atoms with Crippen molar-refractivity contribution in [1.29, 1.82) is 0 Å². The van der Waals surface area contributed by atoms with E-state index >= 15 is 0 Å². The fourth-order valence-corrected chi connectivity index (χ4v) is 3.03. The second-order valence-corrected chi connectivity index (χ2v) is 5.98. The summed E-state index contributed by atoms with van der Waals surface area (Å²) in [5, 5.41) is 0. The Balaban J connectivity index is 2.31. The van der Waals surface area contributed by atoms with E-state index in [1.165, 1.54) is 5.56 Å². The Hall–Kier alpha value is -0.580. The van der Waals surface area contributed by atoms with Crippen LogP contribution in [0, 0.1) is 13.8 Å². The van der Waals surface area contributed by atoms with E-state index in [2.05, 4.69) is 28.9 Å². The van der Waals surface area contributed by atoms with Gasteiger partial charge in [0.25, 0.3) is 0 Å². The molecule has 1 atom stereocenters. The molecule has 0 bridgehead atoms. The molecular formula is C11H12BrNOS. The van der Waals surface area contributed by atoms with Gasteiger partial charge in [0.15, 0.2) is 0 Å². The van der Waals surface area contributed by atoms with Crippen molar-refractivity contribution < 1.29 is 4.42 Å². The summed E-state index contributed by atoms with van der Waals surface area (Å²) < 4.78 is 6.40. The lowest BCUT2D eigenvalue weighted by atomic mass is 10.1. The van der Waals surface area contributed by atoms with Crippen LogP contribution in [0.2, 0.25) is 0 Å². The Morgan fingerprint density at radius 3 is 2.60 bits per heavy atom. The molecule has 1 unspecified atom stereocenters. The second-order valence-electron chi connectivity index (χ2n) is 3.57. The van der Waals surface area contributed by atoms with Crippen LogP contribution in [-0.4, -0.2) is 0 Å². The lowest BCUT2D eigenvalue weighted by Crippen LogP contribution is -2.08. The maximum Gasteiger partial charge on any atom is 0.101 e. The highest BCUT2D eigenvalue weighted by Crippen LogP contribution is 2.33. The zero-order valence-electron chi connectivity index (χ0n) is 8.58. The predicted octanol–water partition coefficient (Wildman–Crippen LogP) is 3.77. The van der Waals surface area contributed by atoms with Gasteiger partial charge in [-0.1, -0.05) is 0 Å². The number of hydrogen-bond acceptors (Lipinski definition) is 3. The van der Waals surface area contributed by atoms with Crippen LogP contribution in [0.4, 0.5) is 0 Å². The van der Waals surface area contributed by atoms with Crippen LogP contribution in [-0.2, 0) is 0 Å². The summed E-state index contributed by atoms with van der Waals surface area (Å²) in [6.07, 6.45) is 1.73. The van der Waals surface area contributed by atoms with Crippen molar-refractivity contribution in [3.05, 3.63) is 43.9 Å². The molecule has 2 rings (SSSR count). The zero-order valence-corrected chi connectivity index (χ0v) is 11.0. The summed E-state index contributed by atoms with van der Waals surface area (Å²) in [6, 6.07) is 4.01. The molecule has 15 heavy (non-hydrogen) atoms. The Kier molecular flexibility index (Phi) is 3.00. The SMILES string of the molecule is Cc1cc(C(N)c2cc(C)c(Br)s2)co1. The van der Waals surface area contributed by atoms with Crippen molar-refractivity contribution >= 4 is 27.3 Å². The molecule has 0 saturated carbocycles. The van der Waals surface area contributed by atoms with E-state index in [9.17, 15) is 0 Å². The van der Waals surface area contributed by atoms with Gasteiger partial charge < -0.3 is 10.2 Å². The smallest absolute Gasteiger partial charge is 0.101 e. The normalized spacial score (nSPS) is 13.1. The van der Waals surface area contributed by atoms with Gasteiger partial charge in [-0.25, -0.2) is 0 Å². The molecule has 80 valence electrons. The van der Waals surface area contributed by atoms with Crippen LogP contribution in [0.15, 0.2) is 26.6 Å². The second kappa shape index (κ2) is 4.12. The number of nitrogens with two attached hydrogens (primary N) is 1. The van der Waals surface area contributed by atoms with E-state index in [4.69, 9.17) is 10.2 Å². The van der Waals surface area contributed by atoms with Gasteiger partial charge in [-0.3, -0.25) is 0 Å². The minimum atomic E-state index is -0.0857. The summed E-state index contributed by atoms with van der Waals surface area (Å²) in [6.45, 7) is 3.99. The van der Waals surface area contributed by atoms with Crippen molar-refractivity contribution in [2.45, 2.75) is 19.9 Å². The molecule has 4 heteroatoms. The van der Waals surface area contributed by atoms with Crippen LogP contribution in [0.5, 0.6) is 0 Å². The molecule has 0 saturated heterocycles.